The fourth-order valence-corrected chi connectivity index (χ4v) is 6.60. The second kappa shape index (κ2) is 12.7. The molecule has 51 heavy (non-hydrogen) atoms. The number of aromatic nitrogens is 3. The number of fused-ring (bicyclic) bond motifs is 3. The Bertz CT molecular complexity index is 2730. The maximum atomic E-state index is 9.15. The molecule has 0 amide bonds. The van der Waals surface area contributed by atoms with Crippen LogP contribution in [0.5, 0.6) is 0 Å². The van der Waals surface area contributed by atoms with Crippen LogP contribution in [-0.2, 0) is 0 Å². The van der Waals surface area contributed by atoms with E-state index < -0.39 is 0 Å². The van der Waals surface area contributed by atoms with Gasteiger partial charge in [0.1, 0.15) is 11.2 Å². The lowest BCUT2D eigenvalue weighted by molar-refractivity contribution is 0.669. The second-order valence-corrected chi connectivity index (χ2v) is 12.4. The molecule has 0 atom stereocenters. The van der Waals surface area contributed by atoms with E-state index in [2.05, 4.69) is 84.9 Å². The van der Waals surface area contributed by atoms with Crippen molar-refractivity contribution >= 4 is 21.9 Å². The van der Waals surface area contributed by atoms with Crippen molar-refractivity contribution in [3.05, 3.63) is 175 Å². The summed E-state index contributed by atoms with van der Waals surface area (Å²) in [7, 11) is 0. The van der Waals surface area contributed by atoms with E-state index in [0.29, 0.717) is 23.0 Å². The number of hydrogen-bond donors (Lipinski definition) is 0. The van der Waals surface area contributed by atoms with Crippen LogP contribution in [0.15, 0.2) is 174 Å². The van der Waals surface area contributed by atoms with Crippen molar-refractivity contribution < 1.29 is 4.42 Å². The molecule has 0 saturated carbocycles. The van der Waals surface area contributed by atoms with Gasteiger partial charge >= 0.3 is 0 Å². The van der Waals surface area contributed by atoms with E-state index in [1.165, 1.54) is 0 Å². The van der Waals surface area contributed by atoms with Crippen LogP contribution in [0.4, 0.5) is 0 Å². The monoisotopic (exact) mass is 652 g/mol. The average molecular weight is 653 g/mol. The van der Waals surface area contributed by atoms with Gasteiger partial charge < -0.3 is 4.42 Å². The van der Waals surface area contributed by atoms with Gasteiger partial charge in [0.25, 0.3) is 0 Å². The molecule has 0 unspecified atom stereocenters. The van der Waals surface area contributed by atoms with Gasteiger partial charge in [-0.3, -0.25) is 0 Å². The highest BCUT2D eigenvalue weighted by atomic mass is 16.3. The van der Waals surface area contributed by atoms with Gasteiger partial charge in [0.15, 0.2) is 17.5 Å². The maximum Gasteiger partial charge on any atom is 0.164 e. The summed E-state index contributed by atoms with van der Waals surface area (Å²) >= 11 is 0. The Morgan fingerprint density at radius 1 is 0.392 bits per heavy atom. The number of rotatable bonds is 6. The molecule has 9 rings (SSSR count). The first kappa shape index (κ1) is 29.9. The fraction of sp³-hybridized carbons (Fsp3) is 0. The van der Waals surface area contributed by atoms with Gasteiger partial charge in [-0.1, -0.05) is 133 Å². The summed E-state index contributed by atoms with van der Waals surface area (Å²) < 4.78 is 6.43. The smallest absolute Gasteiger partial charge is 0.164 e. The second-order valence-electron chi connectivity index (χ2n) is 12.4. The molecule has 0 aliphatic heterocycles. The molecular weight excluding hydrogens is 625 g/mol. The van der Waals surface area contributed by atoms with Crippen LogP contribution in [-0.4, -0.2) is 15.0 Å². The first-order valence-electron chi connectivity index (χ1n) is 16.7. The van der Waals surface area contributed by atoms with Gasteiger partial charge in [-0.2, -0.15) is 5.26 Å². The van der Waals surface area contributed by atoms with Gasteiger partial charge in [-0.05, 0) is 69.8 Å². The van der Waals surface area contributed by atoms with Gasteiger partial charge in [0, 0.05) is 27.5 Å². The lowest BCUT2D eigenvalue weighted by Crippen LogP contribution is -2.00. The SMILES string of the molecule is N#Cc1ccc(-c2ccc(-c3cccc(-c4nc(-c5ccccc5)nc(-c5ccc6c(c5)oc5cccc(-c7ccccc7)c56)n4)c3)cc2)cc1. The van der Waals surface area contributed by atoms with E-state index in [0.717, 1.165) is 72.0 Å². The third kappa shape index (κ3) is 5.71. The first-order valence-corrected chi connectivity index (χ1v) is 16.7. The lowest BCUT2D eigenvalue weighted by atomic mass is 9.98. The van der Waals surface area contributed by atoms with Crippen molar-refractivity contribution in [3.8, 4) is 73.6 Å². The zero-order valence-electron chi connectivity index (χ0n) is 27.4. The van der Waals surface area contributed by atoms with E-state index in [9.17, 15) is 0 Å². The molecule has 0 N–H and O–H groups in total. The highest BCUT2D eigenvalue weighted by Gasteiger charge is 2.17. The molecule has 0 spiro atoms. The third-order valence-electron chi connectivity index (χ3n) is 9.19. The van der Waals surface area contributed by atoms with Gasteiger partial charge in [-0.25, -0.2) is 15.0 Å². The molecule has 2 aromatic heterocycles. The highest BCUT2D eigenvalue weighted by molar-refractivity contribution is 6.13. The van der Waals surface area contributed by atoms with Crippen LogP contribution in [0.25, 0.3) is 89.5 Å². The van der Waals surface area contributed by atoms with Crippen LogP contribution in [0.3, 0.4) is 0 Å². The van der Waals surface area contributed by atoms with Gasteiger partial charge in [0.05, 0.1) is 11.6 Å². The van der Waals surface area contributed by atoms with Crippen molar-refractivity contribution in [1.29, 1.82) is 5.26 Å². The van der Waals surface area contributed by atoms with Crippen molar-refractivity contribution in [2.75, 3.05) is 0 Å². The lowest BCUT2D eigenvalue weighted by Gasteiger charge is -2.10. The average Bonchev–Trinajstić information content (AvgIpc) is 3.60. The fourth-order valence-electron chi connectivity index (χ4n) is 6.60. The summed E-state index contributed by atoms with van der Waals surface area (Å²) in [6.07, 6.45) is 0. The minimum absolute atomic E-state index is 0.571. The molecule has 0 fully saturated rings. The molecule has 0 saturated heterocycles. The molecule has 0 radical (unpaired) electrons. The molecule has 238 valence electrons. The molecule has 7 aromatic carbocycles. The molecule has 2 heterocycles. The van der Waals surface area contributed by atoms with Crippen molar-refractivity contribution in [2.24, 2.45) is 0 Å². The van der Waals surface area contributed by atoms with E-state index in [1.807, 2.05) is 91.0 Å². The Morgan fingerprint density at radius 3 is 1.57 bits per heavy atom. The number of hydrogen-bond acceptors (Lipinski definition) is 5. The minimum atomic E-state index is 0.571. The van der Waals surface area contributed by atoms with Crippen LogP contribution in [0.2, 0.25) is 0 Å². The zero-order valence-corrected chi connectivity index (χ0v) is 27.4. The summed E-state index contributed by atoms with van der Waals surface area (Å²) in [5.74, 6) is 1.76. The summed E-state index contributed by atoms with van der Waals surface area (Å²) in [5.41, 5.74) is 11.5. The topological polar surface area (TPSA) is 75.6 Å². The Hall–Kier alpha value is -7.16. The largest absolute Gasteiger partial charge is 0.456 e. The van der Waals surface area contributed by atoms with Crippen LogP contribution >= 0.6 is 0 Å². The highest BCUT2D eigenvalue weighted by Crippen LogP contribution is 2.38. The van der Waals surface area contributed by atoms with E-state index in [-0.39, 0.29) is 0 Å². The number of nitrogens with zero attached hydrogens (tertiary/aromatic N) is 4. The Labute approximate surface area is 294 Å². The Kier molecular flexibility index (Phi) is 7.46. The van der Waals surface area contributed by atoms with E-state index in [4.69, 9.17) is 24.6 Å². The van der Waals surface area contributed by atoms with Crippen molar-refractivity contribution in [3.63, 3.8) is 0 Å². The Balaban J connectivity index is 1.12. The normalized spacial score (nSPS) is 11.1. The van der Waals surface area contributed by atoms with Crippen molar-refractivity contribution in [1.82, 2.24) is 15.0 Å². The third-order valence-corrected chi connectivity index (χ3v) is 9.19. The minimum Gasteiger partial charge on any atom is -0.456 e. The predicted molar refractivity (Wildman–Crippen MR) is 204 cm³/mol. The molecule has 0 aliphatic carbocycles. The quantitative estimate of drug-likeness (QED) is 0.179. The summed E-state index contributed by atoms with van der Waals surface area (Å²) in [6.45, 7) is 0. The molecule has 0 bridgehead atoms. The Morgan fingerprint density at radius 2 is 0.902 bits per heavy atom. The first-order chi connectivity index (χ1) is 25.2. The maximum absolute atomic E-state index is 9.15. The molecular formula is C46H28N4O. The number of benzene rings is 7. The van der Waals surface area contributed by atoms with Gasteiger partial charge in [-0.15, -0.1) is 0 Å². The van der Waals surface area contributed by atoms with Crippen LogP contribution < -0.4 is 0 Å². The van der Waals surface area contributed by atoms with Crippen molar-refractivity contribution in [2.45, 2.75) is 0 Å². The standard InChI is InChI=1S/C46H28N4O/c47-29-30-17-19-31(20-18-30)32-21-23-33(24-22-32)36-13-7-14-37(27-36)45-48-44(35-11-5-2-6-12-35)49-46(50-45)38-25-26-40-42(28-38)51-41-16-8-15-39(43(40)41)34-9-3-1-4-10-34/h1-28H. The van der Waals surface area contributed by atoms with Crippen LogP contribution in [0.1, 0.15) is 5.56 Å². The molecule has 0 aliphatic rings. The number of furan rings is 1. The van der Waals surface area contributed by atoms with Crippen LogP contribution in [0, 0.1) is 11.3 Å². The molecule has 5 heteroatoms. The molecule has 9 aromatic rings. The summed E-state index contributed by atoms with van der Waals surface area (Å²) in [4.78, 5) is 15.0. The molecule has 5 nitrogen and oxygen atoms in total. The van der Waals surface area contributed by atoms with Gasteiger partial charge in [0.2, 0.25) is 0 Å². The predicted octanol–water partition coefficient (Wildman–Crippen LogP) is 11.6. The van der Waals surface area contributed by atoms with E-state index in [1.54, 1.807) is 0 Å². The zero-order chi connectivity index (χ0) is 34.1. The summed E-state index contributed by atoms with van der Waals surface area (Å²) in [6, 6.07) is 59.4. The number of nitriles is 1. The van der Waals surface area contributed by atoms with E-state index >= 15 is 0 Å². The summed E-state index contributed by atoms with van der Waals surface area (Å²) in [5, 5.41) is 11.3.